The minimum atomic E-state index is 0.482. The molecule has 4 nitrogen and oxygen atoms in total. The Morgan fingerprint density at radius 1 is 1.41 bits per heavy atom. The maximum absolute atomic E-state index is 5.48. The van der Waals surface area contributed by atoms with Gasteiger partial charge in [-0.05, 0) is 19.4 Å². The number of thiophene rings is 1. The second-order valence-corrected chi connectivity index (χ2v) is 5.10. The third kappa shape index (κ3) is 2.73. The second kappa shape index (κ2) is 5.42. The van der Waals surface area contributed by atoms with Gasteiger partial charge in [0.15, 0.2) is 5.82 Å². The van der Waals surface area contributed by atoms with Gasteiger partial charge in [0.2, 0.25) is 0 Å². The molecule has 0 amide bonds. The number of nitrogens with zero attached hydrogens (tertiary/aromatic N) is 2. The molecule has 1 N–H and O–H groups in total. The van der Waals surface area contributed by atoms with Crippen LogP contribution in [0, 0.1) is 6.92 Å². The van der Waals surface area contributed by atoms with Crippen molar-refractivity contribution >= 4 is 27.4 Å². The van der Waals surface area contributed by atoms with Gasteiger partial charge in [0, 0.05) is 18.5 Å². The minimum Gasteiger partial charge on any atom is -0.373 e. The lowest BCUT2D eigenvalue weighted by Gasteiger charge is -2.05. The zero-order valence-electron chi connectivity index (χ0n) is 10.4. The molecule has 0 aliphatic rings. The van der Waals surface area contributed by atoms with Gasteiger partial charge in [-0.3, -0.25) is 0 Å². The summed E-state index contributed by atoms with van der Waals surface area (Å²) in [6.07, 6.45) is 1.01. The molecule has 5 heteroatoms. The van der Waals surface area contributed by atoms with E-state index in [9.17, 15) is 0 Å². The molecule has 0 atom stereocenters. The molecule has 0 spiro atoms. The molecule has 17 heavy (non-hydrogen) atoms. The topological polar surface area (TPSA) is 47.0 Å². The fraction of sp³-hybridized carbons (Fsp3) is 0.500. The molecule has 2 heterocycles. The van der Waals surface area contributed by atoms with Crippen molar-refractivity contribution in [3.05, 3.63) is 16.8 Å². The number of hydrogen-bond donors (Lipinski definition) is 1. The number of nitrogens with one attached hydrogen (secondary N) is 1. The molecule has 0 aromatic carbocycles. The molecule has 0 aliphatic heterocycles. The van der Waals surface area contributed by atoms with Crippen LogP contribution in [-0.4, -0.2) is 23.6 Å². The molecule has 0 saturated heterocycles. The number of ether oxygens (including phenoxy) is 1. The van der Waals surface area contributed by atoms with E-state index in [0.29, 0.717) is 6.61 Å². The van der Waals surface area contributed by atoms with E-state index in [2.05, 4.69) is 35.2 Å². The van der Waals surface area contributed by atoms with Crippen LogP contribution in [0.15, 0.2) is 6.07 Å². The highest BCUT2D eigenvalue weighted by atomic mass is 32.1. The Kier molecular flexibility index (Phi) is 3.91. The highest BCUT2D eigenvalue weighted by Gasteiger charge is 2.09. The number of anilines is 1. The monoisotopic (exact) mass is 251 g/mol. The summed E-state index contributed by atoms with van der Waals surface area (Å²) in [5.74, 6) is 1.63. The first kappa shape index (κ1) is 12.3. The lowest BCUT2D eigenvalue weighted by molar-refractivity contribution is 0.116. The van der Waals surface area contributed by atoms with Crippen LogP contribution in [0.5, 0.6) is 0 Å². The van der Waals surface area contributed by atoms with E-state index in [0.717, 1.165) is 34.9 Å². The molecule has 0 fully saturated rings. The maximum Gasteiger partial charge on any atom is 0.158 e. The van der Waals surface area contributed by atoms with E-state index >= 15 is 0 Å². The van der Waals surface area contributed by atoms with Crippen LogP contribution in [0.25, 0.3) is 10.2 Å². The van der Waals surface area contributed by atoms with Crippen LogP contribution < -0.4 is 5.32 Å². The standard InChI is InChI=1S/C12H17N3OS/c1-4-5-16-7-10-14-11(13-3)9-6-8(2)17-12(9)15-10/h6H,4-5,7H2,1-3H3,(H,13,14,15). The van der Waals surface area contributed by atoms with Gasteiger partial charge in [-0.15, -0.1) is 11.3 Å². The number of fused-ring (bicyclic) bond motifs is 1. The number of rotatable bonds is 5. The number of aryl methyl sites for hydroxylation is 1. The van der Waals surface area contributed by atoms with Gasteiger partial charge in [-0.1, -0.05) is 6.92 Å². The summed E-state index contributed by atoms with van der Waals surface area (Å²) in [4.78, 5) is 11.3. The normalized spacial score (nSPS) is 11.0. The lowest BCUT2D eigenvalue weighted by atomic mass is 10.3. The van der Waals surface area contributed by atoms with E-state index in [-0.39, 0.29) is 0 Å². The Labute approximate surface area is 105 Å². The number of aromatic nitrogens is 2. The van der Waals surface area contributed by atoms with Gasteiger partial charge < -0.3 is 10.1 Å². The summed E-state index contributed by atoms with van der Waals surface area (Å²) in [6.45, 7) is 5.40. The molecule has 0 saturated carbocycles. The largest absolute Gasteiger partial charge is 0.373 e. The summed E-state index contributed by atoms with van der Waals surface area (Å²) < 4.78 is 5.48. The predicted molar refractivity (Wildman–Crippen MR) is 71.6 cm³/mol. The van der Waals surface area contributed by atoms with Crippen molar-refractivity contribution < 1.29 is 4.74 Å². The van der Waals surface area contributed by atoms with Gasteiger partial charge >= 0.3 is 0 Å². The Morgan fingerprint density at radius 3 is 2.94 bits per heavy atom. The third-order valence-corrected chi connectivity index (χ3v) is 3.32. The molecular formula is C12H17N3OS. The molecule has 2 rings (SSSR count). The summed E-state index contributed by atoms with van der Waals surface area (Å²) in [5.41, 5.74) is 0. The summed E-state index contributed by atoms with van der Waals surface area (Å²) in [6, 6.07) is 2.11. The fourth-order valence-corrected chi connectivity index (χ4v) is 2.55. The molecule has 0 bridgehead atoms. The molecule has 92 valence electrons. The first-order valence-electron chi connectivity index (χ1n) is 5.77. The molecule has 0 radical (unpaired) electrons. The van der Waals surface area contributed by atoms with E-state index < -0.39 is 0 Å². The van der Waals surface area contributed by atoms with Crippen molar-refractivity contribution in [2.24, 2.45) is 0 Å². The van der Waals surface area contributed by atoms with Gasteiger partial charge in [0.25, 0.3) is 0 Å². The van der Waals surface area contributed by atoms with Crippen LogP contribution in [-0.2, 0) is 11.3 Å². The SMILES string of the molecule is CCCOCc1nc(NC)c2cc(C)sc2n1. The van der Waals surface area contributed by atoms with Gasteiger partial charge in [-0.2, -0.15) is 0 Å². The van der Waals surface area contributed by atoms with E-state index in [4.69, 9.17) is 4.74 Å². The van der Waals surface area contributed by atoms with Crippen LogP contribution in [0.2, 0.25) is 0 Å². The van der Waals surface area contributed by atoms with Gasteiger partial charge in [0.05, 0.1) is 5.39 Å². The average molecular weight is 251 g/mol. The Hall–Kier alpha value is -1.20. The van der Waals surface area contributed by atoms with E-state index in [1.54, 1.807) is 11.3 Å². The maximum atomic E-state index is 5.48. The van der Waals surface area contributed by atoms with Crippen LogP contribution in [0.3, 0.4) is 0 Å². The first-order chi connectivity index (χ1) is 8.24. The quantitative estimate of drug-likeness (QED) is 0.830. The molecule has 0 unspecified atom stereocenters. The van der Waals surface area contributed by atoms with Crippen LogP contribution >= 0.6 is 11.3 Å². The van der Waals surface area contributed by atoms with Crippen molar-refractivity contribution in [3.8, 4) is 0 Å². The lowest BCUT2D eigenvalue weighted by Crippen LogP contribution is -2.03. The van der Waals surface area contributed by atoms with Crippen LogP contribution in [0.4, 0.5) is 5.82 Å². The van der Waals surface area contributed by atoms with Crippen molar-refractivity contribution in [3.63, 3.8) is 0 Å². The Balaban J connectivity index is 2.31. The van der Waals surface area contributed by atoms with Crippen molar-refractivity contribution in [1.29, 1.82) is 0 Å². The molecular weight excluding hydrogens is 234 g/mol. The molecule has 2 aromatic rings. The smallest absolute Gasteiger partial charge is 0.158 e. The molecule has 0 aliphatic carbocycles. The van der Waals surface area contributed by atoms with Crippen molar-refractivity contribution in [2.75, 3.05) is 19.0 Å². The third-order valence-electron chi connectivity index (χ3n) is 2.38. The fourth-order valence-electron chi connectivity index (χ4n) is 1.65. The minimum absolute atomic E-state index is 0.482. The highest BCUT2D eigenvalue weighted by Crippen LogP contribution is 2.28. The van der Waals surface area contributed by atoms with Gasteiger partial charge in [-0.25, -0.2) is 9.97 Å². The summed E-state index contributed by atoms with van der Waals surface area (Å²) >= 11 is 1.69. The van der Waals surface area contributed by atoms with Crippen LogP contribution in [0.1, 0.15) is 24.0 Å². The average Bonchev–Trinajstić information content (AvgIpc) is 2.68. The zero-order valence-corrected chi connectivity index (χ0v) is 11.2. The Bertz CT molecular complexity index is 510. The number of hydrogen-bond acceptors (Lipinski definition) is 5. The predicted octanol–water partition coefficient (Wildman–Crippen LogP) is 2.97. The second-order valence-electron chi connectivity index (χ2n) is 3.87. The summed E-state index contributed by atoms with van der Waals surface area (Å²) in [7, 11) is 1.88. The molecule has 2 aromatic heterocycles. The van der Waals surface area contributed by atoms with E-state index in [1.165, 1.54) is 4.88 Å². The highest BCUT2D eigenvalue weighted by molar-refractivity contribution is 7.18. The first-order valence-corrected chi connectivity index (χ1v) is 6.58. The van der Waals surface area contributed by atoms with Crippen molar-refractivity contribution in [1.82, 2.24) is 9.97 Å². The van der Waals surface area contributed by atoms with Crippen molar-refractivity contribution in [2.45, 2.75) is 26.9 Å². The van der Waals surface area contributed by atoms with Gasteiger partial charge in [0.1, 0.15) is 17.3 Å². The summed E-state index contributed by atoms with van der Waals surface area (Å²) in [5, 5.41) is 4.21. The Morgan fingerprint density at radius 2 is 2.24 bits per heavy atom. The van der Waals surface area contributed by atoms with E-state index in [1.807, 2.05) is 7.05 Å². The zero-order chi connectivity index (χ0) is 12.3.